The fourth-order valence-electron chi connectivity index (χ4n) is 2.39. The average Bonchev–Trinajstić information content (AvgIpc) is 2.87. The maximum Gasteiger partial charge on any atom is 0.335 e. The van der Waals surface area contributed by atoms with Gasteiger partial charge in [-0.2, -0.15) is 0 Å². The lowest BCUT2D eigenvalue weighted by molar-refractivity contribution is 0.0697. The van der Waals surface area contributed by atoms with Gasteiger partial charge in [-0.1, -0.05) is 6.92 Å². The van der Waals surface area contributed by atoms with E-state index in [1.54, 1.807) is 35.0 Å². The minimum absolute atomic E-state index is 0.0267. The highest BCUT2D eigenvalue weighted by molar-refractivity contribution is 5.96. The second-order valence-electron chi connectivity index (χ2n) is 5.20. The first-order valence-electron chi connectivity index (χ1n) is 6.86. The van der Waals surface area contributed by atoms with Gasteiger partial charge >= 0.3 is 12.0 Å². The van der Waals surface area contributed by atoms with E-state index in [1.165, 1.54) is 0 Å². The van der Waals surface area contributed by atoms with Gasteiger partial charge in [0.15, 0.2) is 0 Å². The van der Waals surface area contributed by atoms with Gasteiger partial charge in [-0.25, -0.2) is 9.59 Å². The summed E-state index contributed by atoms with van der Waals surface area (Å²) in [5, 5.41) is 9.00. The number of nitrogens with zero attached hydrogens (tertiary/aromatic N) is 2. The molecular weight excluding hydrogens is 256 g/mol. The van der Waals surface area contributed by atoms with Crippen molar-refractivity contribution in [2.75, 3.05) is 18.5 Å². The molecule has 5 nitrogen and oxygen atoms in total. The molecule has 1 aliphatic heterocycles. The molecule has 1 atom stereocenters. The van der Waals surface area contributed by atoms with Gasteiger partial charge < -0.3 is 10.0 Å². The van der Waals surface area contributed by atoms with Crippen molar-refractivity contribution < 1.29 is 14.7 Å². The molecule has 0 bridgehead atoms. The molecule has 1 unspecified atom stereocenters. The molecule has 0 fully saturated rings. The number of carboxylic acid groups (broad SMARTS) is 1. The lowest BCUT2D eigenvalue weighted by Crippen LogP contribution is -2.44. The van der Waals surface area contributed by atoms with Crippen LogP contribution >= 0.6 is 0 Å². The van der Waals surface area contributed by atoms with E-state index in [9.17, 15) is 9.59 Å². The monoisotopic (exact) mass is 276 g/mol. The second-order valence-corrected chi connectivity index (χ2v) is 5.20. The van der Waals surface area contributed by atoms with Crippen LogP contribution in [0.15, 0.2) is 18.2 Å². The summed E-state index contributed by atoms with van der Waals surface area (Å²) in [6.07, 6.45) is 1.61. The van der Waals surface area contributed by atoms with Gasteiger partial charge in [-0.05, 0) is 43.5 Å². The highest BCUT2D eigenvalue weighted by Gasteiger charge is 2.28. The van der Waals surface area contributed by atoms with Crippen LogP contribution in [0, 0.1) is 0 Å². The van der Waals surface area contributed by atoms with Gasteiger partial charge in [-0.15, -0.1) is 0 Å². The zero-order chi connectivity index (χ0) is 14.9. The summed E-state index contributed by atoms with van der Waals surface area (Å²) in [7, 11) is 1.81. The fourth-order valence-corrected chi connectivity index (χ4v) is 2.39. The minimum Gasteiger partial charge on any atom is -0.478 e. The van der Waals surface area contributed by atoms with Crippen molar-refractivity contribution >= 4 is 17.7 Å². The maximum atomic E-state index is 12.5. The molecule has 0 radical (unpaired) electrons. The van der Waals surface area contributed by atoms with Crippen molar-refractivity contribution in [1.29, 1.82) is 0 Å². The van der Waals surface area contributed by atoms with Gasteiger partial charge in [0.25, 0.3) is 0 Å². The Morgan fingerprint density at radius 2 is 2.15 bits per heavy atom. The van der Waals surface area contributed by atoms with Gasteiger partial charge in [0, 0.05) is 25.3 Å². The van der Waals surface area contributed by atoms with Crippen LogP contribution in [-0.2, 0) is 6.42 Å². The SMILES string of the molecule is CCC(C)N(C)C(=O)N1CCc2cc(C(=O)O)ccc21. The van der Waals surface area contributed by atoms with Crippen LogP contribution in [0.2, 0.25) is 0 Å². The minimum atomic E-state index is -0.936. The normalized spacial score (nSPS) is 14.8. The summed E-state index contributed by atoms with van der Waals surface area (Å²) in [5.74, 6) is -0.936. The van der Waals surface area contributed by atoms with E-state index in [4.69, 9.17) is 5.11 Å². The summed E-state index contributed by atoms with van der Waals surface area (Å²) >= 11 is 0. The molecule has 5 heteroatoms. The Morgan fingerprint density at radius 1 is 1.45 bits per heavy atom. The van der Waals surface area contributed by atoms with Crippen LogP contribution in [-0.4, -0.2) is 41.6 Å². The van der Waals surface area contributed by atoms with Crippen LogP contribution in [0.5, 0.6) is 0 Å². The first-order chi connectivity index (χ1) is 9.45. The lowest BCUT2D eigenvalue weighted by atomic mass is 10.1. The van der Waals surface area contributed by atoms with E-state index >= 15 is 0 Å². The van der Waals surface area contributed by atoms with Crippen LogP contribution < -0.4 is 4.90 Å². The van der Waals surface area contributed by atoms with Crippen molar-refractivity contribution in [1.82, 2.24) is 4.90 Å². The number of anilines is 1. The number of carbonyl (C=O) groups is 2. The third kappa shape index (κ3) is 2.48. The number of carboxylic acids is 1. The van der Waals surface area contributed by atoms with Crippen molar-refractivity contribution in [3.05, 3.63) is 29.3 Å². The molecule has 0 saturated carbocycles. The molecule has 1 aliphatic rings. The van der Waals surface area contributed by atoms with Crippen LogP contribution in [0.3, 0.4) is 0 Å². The number of carbonyl (C=O) groups excluding carboxylic acids is 1. The predicted octanol–water partition coefficient (Wildman–Crippen LogP) is 2.60. The van der Waals surface area contributed by atoms with E-state index in [-0.39, 0.29) is 17.6 Å². The van der Waals surface area contributed by atoms with Crippen LogP contribution in [0.1, 0.15) is 36.2 Å². The molecule has 0 aliphatic carbocycles. The van der Waals surface area contributed by atoms with E-state index in [0.717, 1.165) is 17.7 Å². The Morgan fingerprint density at radius 3 is 2.75 bits per heavy atom. The largest absolute Gasteiger partial charge is 0.478 e. The van der Waals surface area contributed by atoms with Crippen molar-refractivity contribution in [2.24, 2.45) is 0 Å². The van der Waals surface area contributed by atoms with Crippen LogP contribution in [0.4, 0.5) is 10.5 Å². The smallest absolute Gasteiger partial charge is 0.335 e. The Balaban J connectivity index is 2.24. The average molecular weight is 276 g/mol. The molecule has 0 aromatic heterocycles. The number of amides is 2. The standard InChI is InChI=1S/C15H20N2O3/c1-4-10(2)16(3)15(20)17-8-7-11-9-12(14(18)19)5-6-13(11)17/h5-6,9-10H,4,7-8H2,1-3H3,(H,18,19). The summed E-state index contributed by atoms with van der Waals surface area (Å²) < 4.78 is 0. The van der Waals surface area contributed by atoms with E-state index < -0.39 is 5.97 Å². The Kier molecular flexibility index (Phi) is 3.97. The van der Waals surface area contributed by atoms with E-state index in [0.29, 0.717) is 13.0 Å². The van der Waals surface area contributed by atoms with Gasteiger partial charge in [0.2, 0.25) is 0 Å². The molecule has 108 valence electrons. The number of fused-ring (bicyclic) bond motifs is 1. The number of aromatic carboxylic acids is 1. The fraction of sp³-hybridized carbons (Fsp3) is 0.467. The van der Waals surface area contributed by atoms with Gasteiger partial charge in [0.05, 0.1) is 5.56 Å². The first kappa shape index (κ1) is 14.4. The predicted molar refractivity (Wildman–Crippen MR) is 77.4 cm³/mol. The van der Waals surface area contributed by atoms with E-state index in [1.807, 2.05) is 13.8 Å². The number of urea groups is 1. The lowest BCUT2D eigenvalue weighted by Gasteiger charge is -2.29. The summed E-state index contributed by atoms with van der Waals surface area (Å²) in [6.45, 7) is 4.67. The molecule has 2 rings (SSSR count). The number of hydrogen-bond donors (Lipinski definition) is 1. The molecule has 1 heterocycles. The second kappa shape index (κ2) is 5.53. The Bertz CT molecular complexity index is 542. The Labute approximate surface area is 118 Å². The Hall–Kier alpha value is -2.04. The third-order valence-electron chi connectivity index (χ3n) is 4.01. The zero-order valence-corrected chi connectivity index (χ0v) is 12.1. The number of hydrogen-bond acceptors (Lipinski definition) is 2. The zero-order valence-electron chi connectivity index (χ0n) is 12.1. The van der Waals surface area contributed by atoms with Crippen molar-refractivity contribution in [3.8, 4) is 0 Å². The maximum absolute atomic E-state index is 12.5. The van der Waals surface area contributed by atoms with Crippen molar-refractivity contribution in [3.63, 3.8) is 0 Å². The van der Waals surface area contributed by atoms with Gasteiger partial charge in [-0.3, -0.25) is 4.90 Å². The molecular formula is C15H20N2O3. The summed E-state index contributed by atoms with van der Waals surface area (Å²) in [5.41, 5.74) is 2.03. The molecule has 0 saturated heterocycles. The third-order valence-corrected chi connectivity index (χ3v) is 4.01. The molecule has 1 N–H and O–H groups in total. The molecule has 0 spiro atoms. The highest BCUT2D eigenvalue weighted by Crippen LogP contribution is 2.30. The van der Waals surface area contributed by atoms with E-state index in [2.05, 4.69) is 0 Å². The van der Waals surface area contributed by atoms with Crippen molar-refractivity contribution in [2.45, 2.75) is 32.7 Å². The van der Waals surface area contributed by atoms with Crippen LogP contribution in [0.25, 0.3) is 0 Å². The number of benzene rings is 1. The molecule has 2 amide bonds. The molecule has 1 aromatic rings. The highest BCUT2D eigenvalue weighted by atomic mass is 16.4. The summed E-state index contributed by atoms with van der Waals surface area (Å²) in [6, 6.07) is 5.10. The number of rotatable bonds is 3. The van der Waals surface area contributed by atoms with Gasteiger partial charge in [0.1, 0.15) is 0 Å². The first-order valence-corrected chi connectivity index (χ1v) is 6.86. The topological polar surface area (TPSA) is 60.9 Å². The molecule has 20 heavy (non-hydrogen) atoms. The molecule has 1 aromatic carbocycles. The summed E-state index contributed by atoms with van der Waals surface area (Å²) in [4.78, 5) is 26.9. The quantitative estimate of drug-likeness (QED) is 0.923.